The lowest BCUT2D eigenvalue weighted by atomic mass is 9.69. The molecule has 5 heteroatoms. The van der Waals surface area contributed by atoms with E-state index in [0.29, 0.717) is 12.4 Å². The van der Waals surface area contributed by atoms with Crippen molar-refractivity contribution in [2.45, 2.75) is 19.3 Å². The van der Waals surface area contributed by atoms with Gasteiger partial charge in [0.15, 0.2) is 0 Å². The van der Waals surface area contributed by atoms with Gasteiger partial charge in [-0.25, -0.2) is 4.98 Å². The van der Waals surface area contributed by atoms with Gasteiger partial charge in [-0.2, -0.15) is 0 Å². The summed E-state index contributed by atoms with van der Waals surface area (Å²) in [6, 6.07) is 7.71. The Hall–Kier alpha value is -2.30. The standard InChI is InChI=1S/C16H18N2O3/c1-21-12-4-3-11-5-8-17-14(13(11)9-12)18-10-16(15(19)20)6-2-7-16/h3-5,8-9H,2,6-7,10H2,1H3,(H,17,18)(H,19,20). The van der Waals surface area contributed by atoms with Crippen LogP contribution in [-0.2, 0) is 4.79 Å². The third-order valence-electron chi connectivity index (χ3n) is 4.33. The van der Waals surface area contributed by atoms with E-state index < -0.39 is 11.4 Å². The molecule has 2 aromatic rings. The van der Waals surface area contributed by atoms with Gasteiger partial charge in [-0.3, -0.25) is 4.79 Å². The van der Waals surface area contributed by atoms with Gasteiger partial charge in [0.2, 0.25) is 0 Å². The van der Waals surface area contributed by atoms with E-state index in [-0.39, 0.29) is 0 Å². The zero-order valence-electron chi connectivity index (χ0n) is 11.9. The maximum Gasteiger partial charge on any atom is 0.311 e. The molecule has 0 radical (unpaired) electrons. The van der Waals surface area contributed by atoms with Gasteiger partial charge in [0.1, 0.15) is 11.6 Å². The normalized spacial score (nSPS) is 16.2. The molecular weight excluding hydrogens is 268 g/mol. The minimum absolute atomic E-state index is 0.408. The predicted octanol–water partition coefficient (Wildman–Crippen LogP) is 2.91. The van der Waals surface area contributed by atoms with E-state index in [1.807, 2.05) is 24.3 Å². The van der Waals surface area contributed by atoms with Crippen LogP contribution in [0.4, 0.5) is 5.82 Å². The molecule has 0 aliphatic heterocycles. The van der Waals surface area contributed by atoms with E-state index in [4.69, 9.17) is 4.74 Å². The molecule has 0 saturated heterocycles. The van der Waals surface area contributed by atoms with Crippen LogP contribution in [0.15, 0.2) is 30.5 Å². The molecule has 0 amide bonds. The third-order valence-corrected chi connectivity index (χ3v) is 4.33. The molecule has 21 heavy (non-hydrogen) atoms. The molecule has 5 nitrogen and oxygen atoms in total. The maximum absolute atomic E-state index is 11.4. The highest BCUT2D eigenvalue weighted by atomic mass is 16.5. The maximum atomic E-state index is 11.4. The Bertz CT molecular complexity index is 680. The number of pyridine rings is 1. The largest absolute Gasteiger partial charge is 0.497 e. The molecule has 1 aliphatic carbocycles. The lowest BCUT2D eigenvalue weighted by Gasteiger charge is -2.37. The molecule has 0 unspecified atom stereocenters. The van der Waals surface area contributed by atoms with Gasteiger partial charge < -0.3 is 15.2 Å². The van der Waals surface area contributed by atoms with Crippen molar-refractivity contribution in [3.63, 3.8) is 0 Å². The number of anilines is 1. The molecule has 1 aromatic heterocycles. The number of hydrogen-bond acceptors (Lipinski definition) is 4. The first-order chi connectivity index (χ1) is 10.1. The van der Waals surface area contributed by atoms with Crippen molar-refractivity contribution in [3.8, 4) is 5.75 Å². The van der Waals surface area contributed by atoms with E-state index >= 15 is 0 Å². The van der Waals surface area contributed by atoms with Crippen molar-refractivity contribution in [2.75, 3.05) is 19.0 Å². The first kappa shape index (κ1) is 13.7. The SMILES string of the molecule is COc1ccc2ccnc(NCC3(C(=O)O)CCC3)c2c1. The van der Waals surface area contributed by atoms with Crippen LogP contribution in [0, 0.1) is 5.41 Å². The summed E-state index contributed by atoms with van der Waals surface area (Å²) in [6.07, 6.45) is 4.16. The fraction of sp³-hybridized carbons (Fsp3) is 0.375. The lowest BCUT2D eigenvalue weighted by Crippen LogP contribution is -2.43. The first-order valence-electron chi connectivity index (χ1n) is 7.05. The Morgan fingerprint density at radius 1 is 1.43 bits per heavy atom. The number of aliphatic carboxylic acids is 1. The van der Waals surface area contributed by atoms with E-state index in [1.165, 1.54) is 0 Å². The minimum Gasteiger partial charge on any atom is -0.497 e. The summed E-state index contributed by atoms with van der Waals surface area (Å²) in [5.74, 6) is 0.744. The highest BCUT2D eigenvalue weighted by molar-refractivity contribution is 5.93. The summed E-state index contributed by atoms with van der Waals surface area (Å²) in [5.41, 5.74) is -0.636. The van der Waals surface area contributed by atoms with Crippen molar-refractivity contribution in [1.82, 2.24) is 4.98 Å². The van der Waals surface area contributed by atoms with Crippen LogP contribution < -0.4 is 10.1 Å². The number of nitrogens with zero attached hydrogens (tertiary/aromatic N) is 1. The van der Waals surface area contributed by atoms with Crippen molar-refractivity contribution in [3.05, 3.63) is 30.5 Å². The summed E-state index contributed by atoms with van der Waals surface area (Å²) in [7, 11) is 1.62. The second-order valence-corrected chi connectivity index (χ2v) is 5.54. The van der Waals surface area contributed by atoms with E-state index in [0.717, 1.165) is 35.8 Å². The summed E-state index contributed by atoms with van der Waals surface area (Å²) in [4.78, 5) is 15.8. The second kappa shape index (κ2) is 5.24. The number of hydrogen-bond donors (Lipinski definition) is 2. The van der Waals surface area contributed by atoms with Crippen LogP contribution in [0.5, 0.6) is 5.75 Å². The van der Waals surface area contributed by atoms with Crippen LogP contribution in [0.1, 0.15) is 19.3 Å². The number of rotatable bonds is 5. The molecule has 110 valence electrons. The van der Waals surface area contributed by atoms with Gasteiger partial charge in [-0.1, -0.05) is 12.5 Å². The highest BCUT2D eigenvalue weighted by Gasteiger charge is 2.44. The number of methoxy groups -OCH3 is 1. The van der Waals surface area contributed by atoms with Gasteiger partial charge in [0.25, 0.3) is 0 Å². The van der Waals surface area contributed by atoms with E-state index in [2.05, 4.69) is 10.3 Å². The van der Waals surface area contributed by atoms with E-state index in [9.17, 15) is 9.90 Å². The molecule has 1 aliphatic rings. The lowest BCUT2D eigenvalue weighted by molar-refractivity contribution is -0.153. The fourth-order valence-corrected chi connectivity index (χ4v) is 2.74. The van der Waals surface area contributed by atoms with Gasteiger partial charge in [0, 0.05) is 18.1 Å². The average Bonchev–Trinajstić information content (AvgIpc) is 2.45. The van der Waals surface area contributed by atoms with Gasteiger partial charge in [-0.15, -0.1) is 0 Å². The van der Waals surface area contributed by atoms with Crippen molar-refractivity contribution in [2.24, 2.45) is 5.41 Å². The molecule has 1 fully saturated rings. The van der Waals surface area contributed by atoms with Crippen LogP contribution in [0.25, 0.3) is 10.8 Å². The zero-order chi connectivity index (χ0) is 14.9. The molecule has 3 rings (SSSR count). The Morgan fingerprint density at radius 3 is 2.86 bits per heavy atom. The minimum atomic E-state index is -0.723. The van der Waals surface area contributed by atoms with Gasteiger partial charge in [0.05, 0.1) is 12.5 Å². The summed E-state index contributed by atoms with van der Waals surface area (Å²) >= 11 is 0. The molecule has 0 spiro atoms. The molecule has 1 aromatic carbocycles. The Kier molecular flexibility index (Phi) is 3.41. The molecule has 1 saturated carbocycles. The van der Waals surface area contributed by atoms with Crippen LogP contribution in [-0.4, -0.2) is 29.7 Å². The number of carbonyl (C=O) groups is 1. The number of aromatic nitrogens is 1. The Labute approximate surface area is 123 Å². The quantitative estimate of drug-likeness (QED) is 0.884. The number of ether oxygens (including phenoxy) is 1. The zero-order valence-corrected chi connectivity index (χ0v) is 11.9. The monoisotopic (exact) mass is 286 g/mol. The molecule has 0 bridgehead atoms. The predicted molar refractivity (Wildman–Crippen MR) is 80.7 cm³/mol. The average molecular weight is 286 g/mol. The molecule has 1 heterocycles. The van der Waals surface area contributed by atoms with Crippen LogP contribution in [0.3, 0.4) is 0 Å². The molecular formula is C16H18N2O3. The molecule has 2 N–H and O–H groups in total. The highest BCUT2D eigenvalue weighted by Crippen LogP contribution is 2.41. The molecule has 0 atom stereocenters. The smallest absolute Gasteiger partial charge is 0.311 e. The van der Waals surface area contributed by atoms with Crippen LogP contribution in [0.2, 0.25) is 0 Å². The van der Waals surface area contributed by atoms with Crippen molar-refractivity contribution < 1.29 is 14.6 Å². The van der Waals surface area contributed by atoms with Gasteiger partial charge >= 0.3 is 5.97 Å². The second-order valence-electron chi connectivity index (χ2n) is 5.54. The first-order valence-corrected chi connectivity index (χ1v) is 7.05. The van der Waals surface area contributed by atoms with Gasteiger partial charge in [-0.05, 0) is 36.4 Å². The summed E-state index contributed by atoms with van der Waals surface area (Å²) in [5, 5.41) is 14.6. The number of carboxylic acid groups (broad SMARTS) is 1. The Morgan fingerprint density at radius 2 is 2.24 bits per heavy atom. The number of fused-ring (bicyclic) bond motifs is 1. The third kappa shape index (κ3) is 2.39. The topological polar surface area (TPSA) is 71.5 Å². The number of nitrogens with one attached hydrogen (secondary N) is 1. The Balaban J connectivity index is 1.88. The summed E-state index contributed by atoms with van der Waals surface area (Å²) < 4.78 is 5.24. The van der Waals surface area contributed by atoms with Crippen LogP contribution >= 0.6 is 0 Å². The van der Waals surface area contributed by atoms with Crippen molar-refractivity contribution in [1.29, 1.82) is 0 Å². The number of benzene rings is 1. The fourth-order valence-electron chi connectivity index (χ4n) is 2.74. The van der Waals surface area contributed by atoms with Crippen molar-refractivity contribution >= 4 is 22.6 Å². The number of carboxylic acids is 1. The van der Waals surface area contributed by atoms with E-state index in [1.54, 1.807) is 13.3 Å². The summed E-state index contributed by atoms with van der Waals surface area (Å²) in [6.45, 7) is 0.408.